The van der Waals surface area contributed by atoms with Crippen LogP contribution in [0.4, 0.5) is 19.0 Å². The van der Waals surface area contributed by atoms with Crippen molar-refractivity contribution in [2.45, 2.75) is 64.5 Å². The highest BCUT2D eigenvalue weighted by Gasteiger charge is 2.45. The molecule has 1 aromatic carbocycles. The molecule has 3 aromatic rings. The number of anilines is 1. The summed E-state index contributed by atoms with van der Waals surface area (Å²) in [6.45, 7) is 6.72. The van der Waals surface area contributed by atoms with Crippen molar-refractivity contribution < 1.29 is 27.4 Å². The van der Waals surface area contributed by atoms with E-state index in [1.165, 1.54) is 13.0 Å². The summed E-state index contributed by atoms with van der Waals surface area (Å²) in [5, 5.41) is 3.33. The number of carbonyl (C=O) groups excluding carboxylic acids is 1. The van der Waals surface area contributed by atoms with Gasteiger partial charge in [-0.2, -0.15) is 13.2 Å². The molecule has 0 bridgehead atoms. The molecule has 2 aliphatic heterocycles. The minimum atomic E-state index is -4.43. The van der Waals surface area contributed by atoms with Crippen molar-refractivity contribution in [3.8, 4) is 0 Å². The maximum Gasteiger partial charge on any atom is 0.416 e. The highest BCUT2D eigenvalue weighted by molar-refractivity contribution is 5.86. The number of nitrogens with one attached hydrogen (secondary N) is 1. The van der Waals surface area contributed by atoms with Crippen molar-refractivity contribution in [3.05, 3.63) is 58.2 Å². The molecule has 198 valence electrons. The highest BCUT2D eigenvalue weighted by atomic mass is 19.4. The molecular weight excluding hydrogens is 487 g/mol. The number of ether oxygens (including phenoxy) is 2. The van der Waals surface area contributed by atoms with Gasteiger partial charge < -0.3 is 19.7 Å². The lowest BCUT2D eigenvalue weighted by molar-refractivity contribution is -0.167. The summed E-state index contributed by atoms with van der Waals surface area (Å²) in [5.74, 6) is 1.17. The summed E-state index contributed by atoms with van der Waals surface area (Å²) in [6, 6.07) is 3.74. The van der Waals surface area contributed by atoms with Crippen LogP contribution in [0, 0.1) is 13.8 Å². The first kappa shape index (κ1) is 25.5. The summed E-state index contributed by atoms with van der Waals surface area (Å²) < 4.78 is 53.7. The van der Waals surface area contributed by atoms with Gasteiger partial charge in [-0.05, 0) is 38.0 Å². The van der Waals surface area contributed by atoms with Crippen LogP contribution in [0.3, 0.4) is 0 Å². The number of rotatable bonds is 5. The molecule has 8 nitrogen and oxygen atoms in total. The van der Waals surface area contributed by atoms with Gasteiger partial charge in [-0.25, -0.2) is 9.97 Å². The van der Waals surface area contributed by atoms with Gasteiger partial charge in [-0.1, -0.05) is 12.1 Å². The van der Waals surface area contributed by atoms with E-state index in [1.54, 1.807) is 24.3 Å². The highest BCUT2D eigenvalue weighted by Crippen LogP contribution is 2.38. The van der Waals surface area contributed by atoms with Crippen molar-refractivity contribution in [3.63, 3.8) is 0 Å². The number of fused-ring (bicyclic) bond motifs is 3. The lowest BCUT2D eigenvalue weighted by Crippen LogP contribution is -2.51. The van der Waals surface area contributed by atoms with E-state index in [4.69, 9.17) is 14.5 Å². The molecule has 0 radical (unpaired) electrons. The van der Waals surface area contributed by atoms with Gasteiger partial charge in [0.2, 0.25) is 0 Å². The molecule has 0 saturated carbocycles. The number of aryl methyl sites for hydroxylation is 1. The first-order valence-corrected chi connectivity index (χ1v) is 12.3. The molecule has 4 heterocycles. The fourth-order valence-corrected chi connectivity index (χ4v) is 5.53. The Labute approximate surface area is 212 Å². The lowest BCUT2D eigenvalue weighted by atomic mass is 9.92. The molecule has 37 heavy (non-hydrogen) atoms. The predicted molar refractivity (Wildman–Crippen MR) is 130 cm³/mol. The molecule has 1 amide bonds. The van der Waals surface area contributed by atoms with Gasteiger partial charge in [0.05, 0.1) is 36.6 Å². The van der Waals surface area contributed by atoms with E-state index in [-0.39, 0.29) is 11.5 Å². The number of alkyl halides is 3. The van der Waals surface area contributed by atoms with Crippen LogP contribution in [-0.2, 0) is 33.5 Å². The average Bonchev–Trinajstić information content (AvgIpc) is 3.47. The van der Waals surface area contributed by atoms with Crippen molar-refractivity contribution in [2.75, 3.05) is 25.6 Å². The van der Waals surface area contributed by atoms with Gasteiger partial charge in [-0.15, -0.1) is 0 Å². The van der Waals surface area contributed by atoms with Crippen molar-refractivity contribution >= 4 is 17.4 Å². The second kappa shape index (κ2) is 9.29. The largest absolute Gasteiger partial charge is 0.416 e. The van der Waals surface area contributed by atoms with Crippen molar-refractivity contribution in [2.24, 2.45) is 0 Å². The number of halogens is 3. The molecular formula is C26H30F3N5O3. The normalized spacial score (nSPS) is 18.2. The molecule has 1 atom stereocenters. The van der Waals surface area contributed by atoms with E-state index in [9.17, 15) is 18.0 Å². The molecule has 2 aliphatic rings. The second-order valence-corrected chi connectivity index (χ2v) is 9.74. The number of imidazole rings is 1. The third kappa shape index (κ3) is 4.33. The zero-order valence-electron chi connectivity index (χ0n) is 21.3. The van der Waals surface area contributed by atoms with Crippen LogP contribution >= 0.6 is 0 Å². The monoisotopic (exact) mass is 517 g/mol. The number of hydrogen-bond acceptors (Lipinski definition) is 6. The number of nitrogens with zero attached hydrogens (tertiary/aromatic N) is 4. The summed E-state index contributed by atoms with van der Waals surface area (Å²) >= 11 is 0. The SMILES string of the molecule is COC1(C(=O)N2Cc3c(NC(C)c4cccc(C(F)(F)F)c4C)nc4cnc(C)n4c3C2)CCOCC1. The molecule has 11 heteroatoms. The Morgan fingerprint density at radius 1 is 1.22 bits per heavy atom. The minimum Gasteiger partial charge on any atom is -0.381 e. The Morgan fingerprint density at radius 2 is 1.95 bits per heavy atom. The smallest absolute Gasteiger partial charge is 0.381 e. The van der Waals surface area contributed by atoms with E-state index < -0.39 is 23.4 Å². The Kier molecular flexibility index (Phi) is 6.39. The van der Waals surface area contributed by atoms with E-state index in [1.807, 2.05) is 18.2 Å². The molecule has 2 aromatic heterocycles. The fraction of sp³-hybridized carbons (Fsp3) is 0.500. The molecule has 5 rings (SSSR count). The topological polar surface area (TPSA) is 81.0 Å². The van der Waals surface area contributed by atoms with Gasteiger partial charge in [0.1, 0.15) is 11.6 Å². The fourth-order valence-electron chi connectivity index (χ4n) is 5.53. The van der Waals surface area contributed by atoms with E-state index in [0.29, 0.717) is 56.2 Å². The van der Waals surface area contributed by atoms with Crippen LogP contribution in [0.1, 0.15) is 59.6 Å². The van der Waals surface area contributed by atoms with Gasteiger partial charge in [0, 0.05) is 38.7 Å². The average molecular weight is 518 g/mol. The molecule has 1 N–H and O–H groups in total. The zero-order valence-corrected chi connectivity index (χ0v) is 21.3. The standard InChI is InChI=1S/C26H30F3N5O3/c1-15-18(6-5-7-20(15)26(27,28)29)16(2)31-23-19-13-33(24(35)25(36-4)8-10-37-11-9-25)14-21(19)34-17(3)30-12-22(34)32-23/h5-7,12,16H,8-11,13-14H2,1-4H3,(H,31,32). The molecule has 0 aliphatic carbocycles. The summed E-state index contributed by atoms with van der Waals surface area (Å²) in [5.41, 5.74) is 1.41. The van der Waals surface area contributed by atoms with E-state index in [2.05, 4.69) is 10.3 Å². The number of benzene rings is 1. The maximum atomic E-state index is 13.7. The Morgan fingerprint density at radius 3 is 2.62 bits per heavy atom. The van der Waals surface area contributed by atoms with Crippen LogP contribution in [0.15, 0.2) is 24.4 Å². The van der Waals surface area contributed by atoms with Crippen molar-refractivity contribution in [1.82, 2.24) is 19.3 Å². The van der Waals surface area contributed by atoms with Crippen molar-refractivity contribution in [1.29, 1.82) is 0 Å². The number of hydrogen-bond donors (Lipinski definition) is 1. The zero-order chi connectivity index (χ0) is 26.5. The third-order valence-corrected chi connectivity index (χ3v) is 7.61. The van der Waals surface area contributed by atoms with Gasteiger partial charge in [0.25, 0.3) is 5.91 Å². The first-order chi connectivity index (χ1) is 17.6. The maximum absolute atomic E-state index is 13.7. The molecule has 1 saturated heterocycles. The van der Waals surface area contributed by atoms with Gasteiger partial charge >= 0.3 is 6.18 Å². The first-order valence-electron chi connectivity index (χ1n) is 12.3. The number of aromatic nitrogens is 3. The Balaban J connectivity index is 1.50. The van der Waals surface area contributed by atoms with Gasteiger partial charge in [0.15, 0.2) is 11.2 Å². The number of methoxy groups -OCH3 is 1. The summed E-state index contributed by atoms with van der Waals surface area (Å²) in [7, 11) is 1.55. The van der Waals surface area contributed by atoms with Crippen LogP contribution in [0.25, 0.3) is 5.65 Å². The van der Waals surface area contributed by atoms with E-state index in [0.717, 1.165) is 23.1 Å². The van der Waals surface area contributed by atoms with E-state index >= 15 is 0 Å². The Hall–Kier alpha value is -3.18. The van der Waals surface area contributed by atoms with Crippen LogP contribution < -0.4 is 5.32 Å². The quantitative estimate of drug-likeness (QED) is 0.534. The second-order valence-electron chi connectivity index (χ2n) is 9.74. The third-order valence-electron chi connectivity index (χ3n) is 7.61. The van der Waals surface area contributed by atoms with Crippen LogP contribution in [0.5, 0.6) is 0 Å². The molecule has 1 unspecified atom stereocenters. The van der Waals surface area contributed by atoms with Crippen LogP contribution in [0.2, 0.25) is 0 Å². The van der Waals surface area contributed by atoms with Crippen LogP contribution in [-0.4, -0.2) is 51.1 Å². The lowest BCUT2D eigenvalue weighted by Gasteiger charge is -2.37. The summed E-state index contributed by atoms with van der Waals surface area (Å²) in [4.78, 5) is 24.6. The number of carbonyl (C=O) groups is 1. The predicted octanol–water partition coefficient (Wildman–Crippen LogP) is 4.58. The number of amides is 1. The Bertz CT molecular complexity index is 1350. The summed E-state index contributed by atoms with van der Waals surface area (Å²) in [6.07, 6.45) is -1.83. The molecule has 0 spiro atoms. The molecule has 1 fully saturated rings. The minimum absolute atomic E-state index is 0.104. The van der Waals surface area contributed by atoms with Gasteiger partial charge in [-0.3, -0.25) is 9.20 Å².